The van der Waals surface area contributed by atoms with Gasteiger partial charge >= 0.3 is 12.8 Å². The third-order valence-electron chi connectivity index (χ3n) is 3.00. The molecule has 7 nitrogen and oxygen atoms in total. The van der Waals surface area contributed by atoms with E-state index in [1.807, 2.05) is 0 Å². The lowest BCUT2D eigenvalue weighted by atomic mass is 9.80. The maximum Gasteiger partial charge on any atom is 0.488 e. The van der Waals surface area contributed by atoms with E-state index in [0.29, 0.717) is 17.7 Å². The Labute approximate surface area is 113 Å². The van der Waals surface area contributed by atoms with Gasteiger partial charge in [0.15, 0.2) is 5.65 Å². The maximum absolute atomic E-state index is 12.1. The van der Waals surface area contributed by atoms with Crippen LogP contribution >= 0.6 is 0 Å². The van der Waals surface area contributed by atoms with Crippen molar-refractivity contribution in [3.63, 3.8) is 0 Å². The molecule has 0 aliphatic heterocycles. The summed E-state index contributed by atoms with van der Waals surface area (Å²) in [5.41, 5.74) is 1.49. The molecule has 2 aromatic heterocycles. The summed E-state index contributed by atoms with van der Waals surface area (Å²) in [5.74, 6) is 0. The average Bonchev–Trinajstić information content (AvgIpc) is 2.77. The Morgan fingerprint density at radius 2 is 1.95 bits per heavy atom. The lowest BCUT2D eigenvalue weighted by Gasteiger charge is -2.02. The minimum Gasteiger partial charge on any atom is -0.423 e. The van der Waals surface area contributed by atoms with Gasteiger partial charge in [0.1, 0.15) is 0 Å². The Balaban J connectivity index is 1.93. The van der Waals surface area contributed by atoms with Crippen molar-refractivity contribution in [3.05, 3.63) is 58.9 Å². The third-order valence-corrected chi connectivity index (χ3v) is 3.00. The summed E-state index contributed by atoms with van der Waals surface area (Å²) in [5, 5.41) is 22.2. The molecule has 0 spiro atoms. The first kappa shape index (κ1) is 12.6. The fraction of sp³-hybridized carbons (Fsp3) is 0.0833. The second-order valence-corrected chi connectivity index (χ2v) is 4.36. The first-order valence-electron chi connectivity index (χ1n) is 5.99. The van der Waals surface area contributed by atoms with Gasteiger partial charge in [-0.3, -0.25) is 4.98 Å². The molecule has 0 radical (unpaired) electrons. The molecule has 3 rings (SSSR count). The van der Waals surface area contributed by atoms with E-state index in [4.69, 9.17) is 10.0 Å². The van der Waals surface area contributed by atoms with Crippen molar-refractivity contribution in [2.45, 2.75) is 6.54 Å². The van der Waals surface area contributed by atoms with Crippen LogP contribution in [0.5, 0.6) is 0 Å². The molecule has 1 aromatic carbocycles. The Morgan fingerprint density at radius 3 is 2.60 bits per heavy atom. The molecule has 0 unspecified atom stereocenters. The van der Waals surface area contributed by atoms with Crippen LogP contribution in [-0.2, 0) is 6.54 Å². The molecule has 0 amide bonds. The summed E-state index contributed by atoms with van der Waals surface area (Å²) >= 11 is 0. The van der Waals surface area contributed by atoms with Crippen molar-refractivity contribution < 1.29 is 10.0 Å². The highest BCUT2D eigenvalue weighted by molar-refractivity contribution is 6.58. The summed E-state index contributed by atoms with van der Waals surface area (Å²) in [7, 11) is -1.49. The van der Waals surface area contributed by atoms with E-state index in [9.17, 15) is 4.79 Å². The summed E-state index contributed by atoms with van der Waals surface area (Å²) < 4.78 is 2.75. The quantitative estimate of drug-likeness (QED) is 0.572. The van der Waals surface area contributed by atoms with E-state index < -0.39 is 7.12 Å². The van der Waals surface area contributed by atoms with E-state index >= 15 is 0 Å². The van der Waals surface area contributed by atoms with Crippen molar-refractivity contribution in [1.82, 2.24) is 19.2 Å². The molecule has 0 aliphatic carbocycles. The average molecular weight is 270 g/mol. The zero-order valence-electron chi connectivity index (χ0n) is 10.4. The molecule has 2 heterocycles. The van der Waals surface area contributed by atoms with Crippen molar-refractivity contribution in [1.29, 1.82) is 0 Å². The Kier molecular flexibility index (Phi) is 3.09. The van der Waals surface area contributed by atoms with E-state index in [1.165, 1.54) is 21.5 Å². The lowest BCUT2D eigenvalue weighted by Crippen LogP contribution is -2.29. The van der Waals surface area contributed by atoms with Gasteiger partial charge in [-0.2, -0.15) is 0 Å². The van der Waals surface area contributed by atoms with Crippen LogP contribution in [0.1, 0.15) is 5.56 Å². The molecule has 0 saturated heterocycles. The van der Waals surface area contributed by atoms with E-state index in [0.717, 1.165) is 5.56 Å². The largest absolute Gasteiger partial charge is 0.488 e. The fourth-order valence-corrected chi connectivity index (χ4v) is 1.95. The molecule has 3 aromatic rings. The summed E-state index contributed by atoms with van der Waals surface area (Å²) in [6, 6.07) is 6.65. The van der Waals surface area contributed by atoms with Crippen molar-refractivity contribution in [3.8, 4) is 0 Å². The van der Waals surface area contributed by atoms with Gasteiger partial charge in [-0.25, -0.2) is 13.9 Å². The smallest absolute Gasteiger partial charge is 0.423 e. The number of hydrogen-bond acceptors (Lipinski definition) is 5. The minimum atomic E-state index is -1.49. The van der Waals surface area contributed by atoms with Gasteiger partial charge in [0.05, 0.1) is 12.7 Å². The molecule has 0 bridgehead atoms. The standard InChI is InChI=1S/C12H11BN4O3/c18-12-16-6-5-14-7-11(16)15-17(12)8-9-1-3-10(4-2-9)13(19)20/h1-7,19-20H,8H2. The topological polar surface area (TPSA) is 92.7 Å². The van der Waals surface area contributed by atoms with Crippen LogP contribution in [0, 0.1) is 0 Å². The molecule has 0 atom stereocenters. The Bertz CT molecular complexity index is 794. The van der Waals surface area contributed by atoms with Crippen molar-refractivity contribution in [2.24, 2.45) is 0 Å². The maximum atomic E-state index is 12.1. The summed E-state index contributed by atoms with van der Waals surface area (Å²) in [6.45, 7) is 0.308. The van der Waals surface area contributed by atoms with Crippen LogP contribution in [0.3, 0.4) is 0 Å². The van der Waals surface area contributed by atoms with E-state index in [2.05, 4.69) is 10.1 Å². The number of fused-ring (bicyclic) bond motifs is 1. The van der Waals surface area contributed by atoms with Crippen LogP contribution < -0.4 is 11.2 Å². The first-order valence-corrected chi connectivity index (χ1v) is 5.99. The molecule has 100 valence electrons. The van der Waals surface area contributed by atoms with Gasteiger partial charge in [0, 0.05) is 12.4 Å². The predicted molar refractivity (Wildman–Crippen MR) is 72.6 cm³/mol. The summed E-state index contributed by atoms with van der Waals surface area (Å²) in [6.07, 6.45) is 4.60. The molecule has 0 aliphatic rings. The van der Waals surface area contributed by atoms with Gasteiger partial charge in [0.25, 0.3) is 0 Å². The van der Waals surface area contributed by atoms with Crippen LogP contribution in [-0.4, -0.2) is 36.3 Å². The zero-order chi connectivity index (χ0) is 14.1. The molecular weight excluding hydrogens is 259 g/mol. The van der Waals surface area contributed by atoms with Crippen molar-refractivity contribution >= 4 is 18.2 Å². The zero-order valence-corrected chi connectivity index (χ0v) is 10.4. The second-order valence-electron chi connectivity index (χ2n) is 4.36. The van der Waals surface area contributed by atoms with E-state index in [1.54, 1.807) is 30.5 Å². The van der Waals surface area contributed by atoms with Gasteiger partial charge in [-0.05, 0) is 11.0 Å². The van der Waals surface area contributed by atoms with Crippen molar-refractivity contribution in [2.75, 3.05) is 0 Å². The number of rotatable bonds is 3. The number of hydrogen-bond donors (Lipinski definition) is 2. The normalized spacial score (nSPS) is 10.9. The molecule has 20 heavy (non-hydrogen) atoms. The van der Waals surface area contributed by atoms with Crippen LogP contribution in [0.15, 0.2) is 47.7 Å². The molecule has 0 fully saturated rings. The van der Waals surface area contributed by atoms with Crippen LogP contribution in [0.4, 0.5) is 0 Å². The fourth-order valence-electron chi connectivity index (χ4n) is 1.95. The molecule has 2 N–H and O–H groups in total. The highest BCUT2D eigenvalue weighted by Gasteiger charge is 2.11. The number of aromatic nitrogens is 4. The van der Waals surface area contributed by atoms with Crippen LogP contribution in [0.25, 0.3) is 5.65 Å². The highest BCUT2D eigenvalue weighted by atomic mass is 16.4. The third kappa shape index (κ3) is 2.22. The van der Waals surface area contributed by atoms with Gasteiger partial charge in [-0.15, -0.1) is 5.10 Å². The Morgan fingerprint density at radius 1 is 1.20 bits per heavy atom. The molecule has 8 heteroatoms. The van der Waals surface area contributed by atoms with Gasteiger partial charge in [-0.1, -0.05) is 24.3 Å². The van der Waals surface area contributed by atoms with Crippen LogP contribution in [0.2, 0.25) is 0 Å². The first-order chi connectivity index (χ1) is 9.65. The highest BCUT2D eigenvalue weighted by Crippen LogP contribution is 2.00. The second kappa shape index (κ2) is 4.91. The molecular formula is C12H11BN4O3. The van der Waals surface area contributed by atoms with Gasteiger partial charge in [0.2, 0.25) is 0 Å². The Hall–Kier alpha value is -2.45. The SMILES string of the molecule is O=c1n(Cc2ccc(B(O)O)cc2)nc2cnccn12. The number of nitrogens with zero attached hydrogens (tertiary/aromatic N) is 4. The monoisotopic (exact) mass is 270 g/mol. The molecule has 0 saturated carbocycles. The lowest BCUT2D eigenvalue weighted by molar-refractivity contribution is 0.426. The number of benzene rings is 1. The summed E-state index contributed by atoms with van der Waals surface area (Å²) in [4.78, 5) is 16.0. The predicted octanol–water partition coefficient (Wildman–Crippen LogP) is -1.38. The minimum absolute atomic E-state index is 0.242. The van der Waals surface area contributed by atoms with E-state index in [-0.39, 0.29) is 5.69 Å². The van der Waals surface area contributed by atoms with Gasteiger partial charge < -0.3 is 10.0 Å².